The minimum absolute atomic E-state index is 0.0254. The summed E-state index contributed by atoms with van der Waals surface area (Å²) < 4.78 is 0. The normalized spacial score (nSPS) is 11.7. The number of pyridine rings is 1. The van der Waals surface area contributed by atoms with Gasteiger partial charge in [-0.2, -0.15) is 0 Å². The number of hydrogen-bond donors (Lipinski definition) is 1. The van der Waals surface area contributed by atoms with Crippen LogP contribution in [0.3, 0.4) is 0 Å². The van der Waals surface area contributed by atoms with Crippen LogP contribution < -0.4 is 5.32 Å². The Bertz CT molecular complexity index is 798. The first-order valence-corrected chi connectivity index (χ1v) is 8.50. The van der Waals surface area contributed by atoms with E-state index in [2.05, 4.69) is 29.4 Å². The minimum atomic E-state index is -0.249. The molecule has 1 atom stereocenters. The molecule has 25 heavy (non-hydrogen) atoms. The van der Waals surface area contributed by atoms with E-state index in [4.69, 9.17) is 0 Å². The number of carbonyl (C=O) groups is 1. The van der Waals surface area contributed by atoms with E-state index in [1.54, 1.807) is 6.20 Å². The molecule has 3 heteroatoms. The van der Waals surface area contributed by atoms with Gasteiger partial charge in [0.2, 0.25) is 5.91 Å². The SMILES string of the molecule is Cc1ccc(CNC(=O)C(Cc2ccccn2)c2ccccc2)cc1. The topological polar surface area (TPSA) is 42.0 Å². The summed E-state index contributed by atoms with van der Waals surface area (Å²) in [5.41, 5.74) is 4.24. The van der Waals surface area contributed by atoms with Gasteiger partial charge in [0.25, 0.3) is 0 Å². The number of aryl methyl sites for hydroxylation is 1. The van der Waals surface area contributed by atoms with Crippen LogP contribution in [0, 0.1) is 6.92 Å². The van der Waals surface area contributed by atoms with Gasteiger partial charge in [-0.25, -0.2) is 0 Å². The molecule has 126 valence electrons. The molecule has 0 aliphatic carbocycles. The maximum Gasteiger partial charge on any atom is 0.228 e. The second-order valence-electron chi connectivity index (χ2n) is 6.19. The molecule has 0 aliphatic heterocycles. The Morgan fingerprint density at radius 3 is 2.36 bits per heavy atom. The average molecular weight is 330 g/mol. The fourth-order valence-corrected chi connectivity index (χ4v) is 2.79. The number of amides is 1. The van der Waals surface area contributed by atoms with Crippen LogP contribution in [0.15, 0.2) is 79.0 Å². The first kappa shape index (κ1) is 16.9. The summed E-state index contributed by atoms with van der Waals surface area (Å²) in [4.78, 5) is 17.2. The van der Waals surface area contributed by atoms with Crippen molar-refractivity contribution in [3.05, 3.63) is 101 Å². The number of nitrogens with one attached hydrogen (secondary N) is 1. The number of aromatic nitrogens is 1. The molecule has 0 saturated heterocycles. The second kappa shape index (κ2) is 8.25. The van der Waals surface area contributed by atoms with Gasteiger partial charge in [0.1, 0.15) is 0 Å². The van der Waals surface area contributed by atoms with Crippen molar-refractivity contribution in [3.8, 4) is 0 Å². The molecule has 0 aliphatic rings. The molecular weight excluding hydrogens is 308 g/mol. The Labute approximate surface area is 148 Å². The van der Waals surface area contributed by atoms with Gasteiger partial charge in [-0.05, 0) is 30.2 Å². The van der Waals surface area contributed by atoms with E-state index in [1.165, 1.54) is 5.56 Å². The smallest absolute Gasteiger partial charge is 0.228 e. The highest BCUT2D eigenvalue weighted by molar-refractivity contribution is 5.83. The van der Waals surface area contributed by atoms with E-state index >= 15 is 0 Å². The van der Waals surface area contributed by atoms with Crippen molar-refractivity contribution < 1.29 is 4.79 Å². The Hall–Kier alpha value is -2.94. The molecule has 0 radical (unpaired) electrons. The fourth-order valence-electron chi connectivity index (χ4n) is 2.79. The van der Waals surface area contributed by atoms with E-state index in [-0.39, 0.29) is 11.8 Å². The lowest BCUT2D eigenvalue weighted by molar-refractivity contribution is -0.122. The monoisotopic (exact) mass is 330 g/mol. The van der Waals surface area contributed by atoms with Crippen molar-refractivity contribution in [2.75, 3.05) is 0 Å². The highest BCUT2D eigenvalue weighted by Gasteiger charge is 2.21. The predicted octanol–water partition coefficient (Wildman–Crippen LogP) is 4.03. The number of benzene rings is 2. The van der Waals surface area contributed by atoms with Gasteiger partial charge < -0.3 is 5.32 Å². The molecule has 0 bridgehead atoms. The summed E-state index contributed by atoms with van der Waals surface area (Å²) >= 11 is 0. The number of rotatable bonds is 6. The molecule has 0 spiro atoms. The summed E-state index contributed by atoms with van der Waals surface area (Å²) in [6.07, 6.45) is 2.35. The fraction of sp³-hybridized carbons (Fsp3) is 0.182. The van der Waals surface area contributed by atoms with Crippen molar-refractivity contribution in [1.82, 2.24) is 10.3 Å². The lowest BCUT2D eigenvalue weighted by Crippen LogP contribution is -2.30. The van der Waals surface area contributed by atoms with E-state index < -0.39 is 0 Å². The number of nitrogens with zero attached hydrogens (tertiary/aromatic N) is 1. The largest absolute Gasteiger partial charge is 0.351 e. The van der Waals surface area contributed by atoms with Crippen LogP contribution in [-0.4, -0.2) is 10.9 Å². The van der Waals surface area contributed by atoms with Gasteiger partial charge >= 0.3 is 0 Å². The zero-order valence-electron chi connectivity index (χ0n) is 14.4. The van der Waals surface area contributed by atoms with Crippen LogP contribution in [0.2, 0.25) is 0 Å². The standard InChI is InChI=1S/C22H22N2O/c1-17-10-12-18(13-11-17)16-24-22(25)21(19-7-3-2-4-8-19)15-20-9-5-6-14-23-20/h2-14,21H,15-16H2,1H3,(H,24,25). The molecule has 1 N–H and O–H groups in total. The molecule has 0 fully saturated rings. The molecule has 1 aromatic heterocycles. The van der Waals surface area contributed by atoms with Crippen molar-refractivity contribution in [1.29, 1.82) is 0 Å². The van der Waals surface area contributed by atoms with Crippen molar-refractivity contribution in [2.24, 2.45) is 0 Å². The van der Waals surface area contributed by atoms with Crippen LogP contribution >= 0.6 is 0 Å². The van der Waals surface area contributed by atoms with Crippen molar-refractivity contribution >= 4 is 5.91 Å². The Kier molecular flexibility index (Phi) is 5.57. The van der Waals surface area contributed by atoms with Crippen LogP contribution in [-0.2, 0) is 17.8 Å². The maximum absolute atomic E-state index is 12.8. The van der Waals surface area contributed by atoms with Crippen LogP contribution in [0.5, 0.6) is 0 Å². The first-order chi connectivity index (χ1) is 12.2. The van der Waals surface area contributed by atoms with Crippen LogP contribution in [0.4, 0.5) is 0 Å². The van der Waals surface area contributed by atoms with Crippen LogP contribution in [0.25, 0.3) is 0 Å². The zero-order valence-corrected chi connectivity index (χ0v) is 14.4. The van der Waals surface area contributed by atoms with Gasteiger partial charge in [-0.1, -0.05) is 66.2 Å². The van der Waals surface area contributed by atoms with E-state index in [9.17, 15) is 4.79 Å². The first-order valence-electron chi connectivity index (χ1n) is 8.50. The summed E-state index contributed by atoms with van der Waals surface area (Å²) in [6, 6.07) is 23.9. The Morgan fingerprint density at radius 1 is 0.960 bits per heavy atom. The highest BCUT2D eigenvalue weighted by atomic mass is 16.1. The molecule has 3 rings (SSSR count). The van der Waals surface area contributed by atoms with E-state index in [1.807, 2.05) is 60.7 Å². The van der Waals surface area contributed by atoms with Gasteiger partial charge in [0, 0.05) is 24.9 Å². The summed E-state index contributed by atoms with van der Waals surface area (Å²) in [6.45, 7) is 2.59. The second-order valence-corrected chi connectivity index (χ2v) is 6.19. The maximum atomic E-state index is 12.8. The molecule has 3 nitrogen and oxygen atoms in total. The molecule has 3 aromatic rings. The van der Waals surface area contributed by atoms with Crippen molar-refractivity contribution in [3.63, 3.8) is 0 Å². The molecule has 1 heterocycles. The lowest BCUT2D eigenvalue weighted by atomic mass is 9.93. The predicted molar refractivity (Wildman–Crippen MR) is 100 cm³/mol. The third-order valence-corrected chi connectivity index (χ3v) is 4.25. The molecule has 0 saturated carbocycles. The molecule has 1 unspecified atom stereocenters. The lowest BCUT2D eigenvalue weighted by Gasteiger charge is -2.17. The summed E-state index contributed by atoms with van der Waals surface area (Å²) in [7, 11) is 0. The van der Waals surface area contributed by atoms with Gasteiger partial charge in [0.15, 0.2) is 0 Å². The minimum Gasteiger partial charge on any atom is -0.351 e. The van der Waals surface area contributed by atoms with E-state index in [0.29, 0.717) is 13.0 Å². The third-order valence-electron chi connectivity index (χ3n) is 4.25. The van der Waals surface area contributed by atoms with Gasteiger partial charge in [-0.3, -0.25) is 9.78 Å². The quantitative estimate of drug-likeness (QED) is 0.741. The van der Waals surface area contributed by atoms with Crippen LogP contribution in [0.1, 0.15) is 28.3 Å². The number of hydrogen-bond acceptors (Lipinski definition) is 2. The van der Waals surface area contributed by atoms with Gasteiger partial charge in [0.05, 0.1) is 5.92 Å². The average Bonchev–Trinajstić information content (AvgIpc) is 2.67. The molecule has 2 aromatic carbocycles. The zero-order chi connectivity index (χ0) is 17.5. The number of carbonyl (C=O) groups excluding carboxylic acids is 1. The third kappa shape index (κ3) is 4.77. The summed E-state index contributed by atoms with van der Waals surface area (Å²) in [5.74, 6) is -0.223. The Morgan fingerprint density at radius 2 is 1.68 bits per heavy atom. The van der Waals surface area contributed by atoms with Gasteiger partial charge in [-0.15, -0.1) is 0 Å². The highest BCUT2D eigenvalue weighted by Crippen LogP contribution is 2.20. The summed E-state index contributed by atoms with van der Waals surface area (Å²) in [5, 5.41) is 3.07. The molecule has 1 amide bonds. The molecular formula is C22H22N2O. The Balaban J connectivity index is 1.74. The van der Waals surface area contributed by atoms with E-state index in [0.717, 1.165) is 16.8 Å². The van der Waals surface area contributed by atoms with Crippen molar-refractivity contribution in [2.45, 2.75) is 25.8 Å².